The number of carboxylic acid groups (broad SMARTS) is 2. The number of hydrogen-bond donors (Lipinski definition) is 3. The van der Waals surface area contributed by atoms with Crippen LogP contribution in [-0.2, 0) is 16.0 Å². The normalized spacial score (nSPS) is 12.8. The SMILES string of the molecule is N[C@@H](Cc1ccccc1)/C(F)=C\CC(=O)O.O=C(O)C(F)(F)F. The topological polar surface area (TPSA) is 101 Å². The predicted molar refractivity (Wildman–Crippen MR) is 73.3 cm³/mol. The molecule has 0 aliphatic rings. The van der Waals surface area contributed by atoms with Gasteiger partial charge in [-0.1, -0.05) is 30.3 Å². The number of aliphatic carboxylic acids is 2. The zero-order valence-electron chi connectivity index (χ0n) is 11.8. The molecule has 0 spiro atoms. The van der Waals surface area contributed by atoms with Crippen molar-refractivity contribution in [1.29, 1.82) is 0 Å². The van der Waals surface area contributed by atoms with E-state index in [9.17, 15) is 22.4 Å². The summed E-state index contributed by atoms with van der Waals surface area (Å²) in [6.45, 7) is 0. The standard InChI is InChI=1S/C12H14FNO2.C2HF3O2/c13-10(6-7-12(15)16)11(14)8-9-4-2-1-3-5-9;3-2(4,5)1(6)7/h1-6,11H,7-8,14H2,(H,15,16);(H,6,7)/b10-6+;/t11-;/m0./s1. The van der Waals surface area contributed by atoms with Gasteiger partial charge in [-0.15, -0.1) is 0 Å². The van der Waals surface area contributed by atoms with Crippen molar-refractivity contribution in [2.45, 2.75) is 25.1 Å². The van der Waals surface area contributed by atoms with E-state index < -0.39 is 30.0 Å². The van der Waals surface area contributed by atoms with Crippen LogP contribution in [0.5, 0.6) is 0 Å². The van der Waals surface area contributed by atoms with Crippen LogP contribution in [0.15, 0.2) is 42.2 Å². The number of rotatable bonds is 5. The second-order valence-corrected chi connectivity index (χ2v) is 4.29. The summed E-state index contributed by atoms with van der Waals surface area (Å²) in [6.07, 6.45) is -4.05. The molecule has 128 valence electrons. The van der Waals surface area contributed by atoms with E-state index >= 15 is 0 Å². The van der Waals surface area contributed by atoms with Gasteiger partial charge in [-0.2, -0.15) is 13.2 Å². The third-order valence-electron chi connectivity index (χ3n) is 2.37. The quantitative estimate of drug-likeness (QED) is 0.717. The second-order valence-electron chi connectivity index (χ2n) is 4.29. The minimum Gasteiger partial charge on any atom is -0.481 e. The first kappa shape index (κ1) is 20.6. The highest BCUT2D eigenvalue weighted by molar-refractivity contribution is 5.73. The summed E-state index contributed by atoms with van der Waals surface area (Å²) >= 11 is 0. The number of carbonyl (C=O) groups is 2. The molecule has 5 nitrogen and oxygen atoms in total. The minimum absolute atomic E-state index is 0.339. The van der Waals surface area contributed by atoms with Gasteiger partial charge >= 0.3 is 18.1 Å². The van der Waals surface area contributed by atoms with Gasteiger partial charge in [0.2, 0.25) is 0 Å². The van der Waals surface area contributed by atoms with Crippen molar-refractivity contribution in [3.05, 3.63) is 47.8 Å². The molecule has 0 unspecified atom stereocenters. The van der Waals surface area contributed by atoms with Crippen LogP contribution in [0.3, 0.4) is 0 Å². The van der Waals surface area contributed by atoms with E-state index in [0.717, 1.165) is 11.6 Å². The Kier molecular flexibility index (Phi) is 8.56. The van der Waals surface area contributed by atoms with Crippen LogP contribution in [-0.4, -0.2) is 34.4 Å². The van der Waals surface area contributed by atoms with Crippen molar-refractivity contribution in [2.75, 3.05) is 0 Å². The van der Waals surface area contributed by atoms with Gasteiger partial charge in [-0.25, -0.2) is 9.18 Å². The summed E-state index contributed by atoms with van der Waals surface area (Å²) in [7, 11) is 0. The van der Waals surface area contributed by atoms with Crippen molar-refractivity contribution in [3.63, 3.8) is 0 Å². The molecule has 0 fully saturated rings. The fourth-order valence-corrected chi connectivity index (χ4v) is 1.30. The van der Waals surface area contributed by atoms with Crippen molar-refractivity contribution in [2.24, 2.45) is 5.73 Å². The van der Waals surface area contributed by atoms with Crippen LogP contribution >= 0.6 is 0 Å². The molecule has 0 saturated heterocycles. The van der Waals surface area contributed by atoms with E-state index in [0.29, 0.717) is 6.42 Å². The number of carboxylic acids is 2. The van der Waals surface area contributed by atoms with Gasteiger partial charge in [0.05, 0.1) is 12.5 Å². The van der Waals surface area contributed by atoms with Gasteiger partial charge in [0.25, 0.3) is 0 Å². The lowest BCUT2D eigenvalue weighted by atomic mass is 10.1. The van der Waals surface area contributed by atoms with Crippen molar-refractivity contribution < 1.29 is 37.4 Å². The third-order valence-corrected chi connectivity index (χ3v) is 2.37. The molecule has 0 aliphatic carbocycles. The molecule has 0 bridgehead atoms. The Bertz CT molecular complexity index is 543. The minimum atomic E-state index is -5.08. The fraction of sp³-hybridized carbons (Fsp3) is 0.286. The van der Waals surface area contributed by atoms with Crippen molar-refractivity contribution in [1.82, 2.24) is 0 Å². The fourth-order valence-electron chi connectivity index (χ4n) is 1.30. The average molecular weight is 337 g/mol. The van der Waals surface area contributed by atoms with Gasteiger partial charge in [0, 0.05) is 0 Å². The highest BCUT2D eigenvalue weighted by Crippen LogP contribution is 2.13. The zero-order chi connectivity index (χ0) is 18.0. The van der Waals surface area contributed by atoms with E-state index in [1.807, 2.05) is 30.3 Å². The summed E-state index contributed by atoms with van der Waals surface area (Å²) in [6, 6.07) is 8.49. The summed E-state index contributed by atoms with van der Waals surface area (Å²) < 4.78 is 45.1. The van der Waals surface area contributed by atoms with Crippen LogP contribution in [0.4, 0.5) is 17.6 Å². The number of benzene rings is 1. The summed E-state index contributed by atoms with van der Waals surface area (Å²) in [5.41, 5.74) is 6.52. The molecule has 0 aromatic heterocycles. The number of nitrogens with two attached hydrogens (primary N) is 1. The number of hydrogen-bond acceptors (Lipinski definition) is 3. The Morgan fingerprint density at radius 3 is 2.04 bits per heavy atom. The molecule has 0 saturated carbocycles. The van der Waals surface area contributed by atoms with Crippen LogP contribution in [0.1, 0.15) is 12.0 Å². The van der Waals surface area contributed by atoms with E-state index in [4.69, 9.17) is 20.7 Å². The highest BCUT2D eigenvalue weighted by Gasteiger charge is 2.38. The van der Waals surface area contributed by atoms with Gasteiger partial charge in [0.15, 0.2) is 0 Å². The second kappa shape index (κ2) is 9.57. The molecule has 1 aromatic carbocycles. The average Bonchev–Trinajstić information content (AvgIpc) is 2.45. The first-order valence-electron chi connectivity index (χ1n) is 6.21. The molecule has 1 aromatic rings. The molecular formula is C14H15F4NO4. The lowest BCUT2D eigenvalue weighted by Gasteiger charge is -2.09. The van der Waals surface area contributed by atoms with Crippen molar-refractivity contribution >= 4 is 11.9 Å². The van der Waals surface area contributed by atoms with Gasteiger partial charge < -0.3 is 15.9 Å². The monoisotopic (exact) mass is 337 g/mol. The van der Waals surface area contributed by atoms with Crippen LogP contribution in [0, 0.1) is 0 Å². The molecule has 9 heteroatoms. The first-order valence-corrected chi connectivity index (χ1v) is 6.21. The summed E-state index contributed by atoms with van der Waals surface area (Å²) in [4.78, 5) is 19.1. The Hall–Kier alpha value is -2.42. The van der Waals surface area contributed by atoms with Gasteiger partial charge in [0.1, 0.15) is 5.83 Å². The lowest BCUT2D eigenvalue weighted by molar-refractivity contribution is -0.192. The molecule has 0 aliphatic heterocycles. The molecular weight excluding hydrogens is 322 g/mol. The maximum atomic E-state index is 13.3. The van der Waals surface area contributed by atoms with Gasteiger partial charge in [-0.05, 0) is 18.1 Å². The van der Waals surface area contributed by atoms with E-state index in [2.05, 4.69) is 0 Å². The van der Waals surface area contributed by atoms with Crippen LogP contribution in [0.2, 0.25) is 0 Å². The maximum Gasteiger partial charge on any atom is 0.490 e. The first-order chi connectivity index (χ1) is 10.5. The Labute approximate surface area is 129 Å². The largest absolute Gasteiger partial charge is 0.490 e. The van der Waals surface area contributed by atoms with E-state index in [-0.39, 0.29) is 6.42 Å². The van der Waals surface area contributed by atoms with E-state index in [1.165, 1.54) is 0 Å². The molecule has 1 atom stereocenters. The maximum absolute atomic E-state index is 13.3. The highest BCUT2D eigenvalue weighted by atomic mass is 19.4. The molecule has 1 rings (SSSR count). The zero-order valence-corrected chi connectivity index (χ0v) is 11.8. The van der Waals surface area contributed by atoms with Gasteiger partial charge in [-0.3, -0.25) is 4.79 Å². The predicted octanol–water partition coefficient (Wildman–Crippen LogP) is 2.52. The Morgan fingerprint density at radius 1 is 1.17 bits per heavy atom. The molecule has 0 radical (unpaired) electrons. The molecule has 23 heavy (non-hydrogen) atoms. The molecule has 4 N–H and O–H groups in total. The van der Waals surface area contributed by atoms with Crippen molar-refractivity contribution in [3.8, 4) is 0 Å². The number of alkyl halides is 3. The Morgan fingerprint density at radius 2 is 1.65 bits per heavy atom. The lowest BCUT2D eigenvalue weighted by Crippen LogP contribution is -2.23. The van der Waals surface area contributed by atoms with Crippen LogP contribution < -0.4 is 5.73 Å². The smallest absolute Gasteiger partial charge is 0.481 e. The number of halogens is 4. The summed E-state index contributed by atoms with van der Waals surface area (Å²) in [5.74, 6) is -4.40. The third kappa shape index (κ3) is 10.0. The summed E-state index contributed by atoms with van der Waals surface area (Å²) in [5, 5.41) is 15.5. The molecule has 0 heterocycles. The molecule has 0 amide bonds. The van der Waals surface area contributed by atoms with E-state index in [1.54, 1.807) is 0 Å². The van der Waals surface area contributed by atoms with Crippen LogP contribution in [0.25, 0.3) is 0 Å². The Balaban J connectivity index is 0.000000585.